The lowest BCUT2D eigenvalue weighted by Crippen LogP contribution is -2.26. The van der Waals surface area contributed by atoms with E-state index >= 15 is 0 Å². The van der Waals surface area contributed by atoms with Crippen molar-refractivity contribution in [1.82, 2.24) is 0 Å². The first-order valence-corrected chi connectivity index (χ1v) is 5.47. The molecule has 4 nitrogen and oxygen atoms in total. The Morgan fingerprint density at radius 2 is 1.73 bits per heavy atom. The number of carbonyl (C=O) groups excluding carboxylic acids is 2. The van der Waals surface area contributed by atoms with E-state index in [0.29, 0.717) is 0 Å². The zero-order valence-electron chi connectivity index (χ0n) is 9.32. The number of hydrogen-bond donors (Lipinski definition) is 0. The van der Waals surface area contributed by atoms with Crippen LogP contribution in [-0.2, 0) is 19.1 Å². The first-order chi connectivity index (χ1) is 7.09. The number of hydrogen-bond acceptors (Lipinski definition) is 4. The van der Waals surface area contributed by atoms with Crippen LogP contribution in [0.5, 0.6) is 0 Å². The van der Waals surface area contributed by atoms with Gasteiger partial charge in [-0.2, -0.15) is 0 Å². The molecule has 1 aliphatic rings. The Balaban J connectivity index is 2.30. The zero-order chi connectivity index (χ0) is 11.3. The maximum atomic E-state index is 11.6. The summed E-state index contributed by atoms with van der Waals surface area (Å²) in [4.78, 5) is 22.2. The van der Waals surface area contributed by atoms with Gasteiger partial charge in [-0.3, -0.25) is 9.59 Å². The minimum absolute atomic E-state index is 0.00300. The van der Waals surface area contributed by atoms with Crippen LogP contribution < -0.4 is 0 Å². The van der Waals surface area contributed by atoms with E-state index in [1.54, 1.807) is 6.92 Å². The van der Waals surface area contributed by atoms with Crippen LogP contribution in [0.2, 0.25) is 0 Å². The van der Waals surface area contributed by atoms with E-state index in [4.69, 9.17) is 9.47 Å². The van der Waals surface area contributed by atoms with Crippen LogP contribution in [0.3, 0.4) is 0 Å². The minimum atomic E-state index is -0.767. The highest BCUT2D eigenvalue weighted by Crippen LogP contribution is 2.25. The van der Waals surface area contributed by atoms with Gasteiger partial charge in [0.1, 0.15) is 0 Å². The van der Waals surface area contributed by atoms with Gasteiger partial charge in [0.15, 0.2) is 0 Å². The SMILES string of the molecule is CC(=O)O[C@H](C)OC(=O)C1CCCCC1. The van der Waals surface area contributed by atoms with Gasteiger partial charge in [-0.15, -0.1) is 0 Å². The molecule has 0 aromatic rings. The normalized spacial score (nSPS) is 19.3. The maximum absolute atomic E-state index is 11.6. The van der Waals surface area contributed by atoms with Crippen molar-refractivity contribution in [1.29, 1.82) is 0 Å². The average Bonchev–Trinajstić information content (AvgIpc) is 2.17. The molecule has 0 bridgehead atoms. The van der Waals surface area contributed by atoms with E-state index in [9.17, 15) is 9.59 Å². The zero-order valence-corrected chi connectivity index (χ0v) is 9.32. The van der Waals surface area contributed by atoms with Crippen LogP contribution in [0.15, 0.2) is 0 Å². The smallest absolute Gasteiger partial charge is 0.311 e. The number of carbonyl (C=O) groups is 2. The molecule has 0 aromatic carbocycles. The predicted octanol–water partition coefficient (Wildman–Crippen LogP) is 2.02. The van der Waals surface area contributed by atoms with Gasteiger partial charge in [0.25, 0.3) is 0 Å². The number of esters is 2. The van der Waals surface area contributed by atoms with E-state index in [-0.39, 0.29) is 11.9 Å². The first-order valence-electron chi connectivity index (χ1n) is 5.47. The topological polar surface area (TPSA) is 52.6 Å². The number of rotatable bonds is 3. The monoisotopic (exact) mass is 214 g/mol. The Hall–Kier alpha value is -1.06. The fourth-order valence-corrected chi connectivity index (χ4v) is 1.86. The summed E-state index contributed by atoms with van der Waals surface area (Å²) in [6.45, 7) is 2.85. The summed E-state index contributed by atoms with van der Waals surface area (Å²) >= 11 is 0. The van der Waals surface area contributed by atoms with Crippen molar-refractivity contribution in [2.75, 3.05) is 0 Å². The highest BCUT2D eigenvalue weighted by Gasteiger charge is 2.24. The van der Waals surface area contributed by atoms with E-state index in [2.05, 4.69) is 0 Å². The molecule has 4 heteroatoms. The number of ether oxygens (including phenoxy) is 2. The quantitative estimate of drug-likeness (QED) is 0.532. The molecule has 1 fully saturated rings. The van der Waals surface area contributed by atoms with Crippen molar-refractivity contribution in [3.05, 3.63) is 0 Å². The van der Waals surface area contributed by atoms with Crippen LogP contribution in [0.1, 0.15) is 46.0 Å². The molecule has 0 amide bonds. The van der Waals surface area contributed by atoms with Gasteiger partial charge in [0, 0.05) is 13.8 Å². The van der Waals surface area contributed by atoms with Crippen molar-refractivity contribution in [3.8, 4) is 0 Å². The summed E-state index contributed by atoms with van der Waals surface area (Å²) < 4.78 is 9.75. The summed E-state index contributed by atoms with van der Waals surface area (Å²) in [6, 6.07) is 0. The highest BCUT2D eigenvalue weighted by molar-refractivity contribution is 5.73. The molecule has 1 saturated carbocycles. The Morgan fingerprint density at radius 1 is 1.13 bits per heavy atom. The van der Waals surface area contributed by atoms with Gasteiger partial charge < -0.3 is 9.47 Å². The molecule has 0 unspecified atom stereocenters. The van der Waals surface area contributed by atoms with Crippen molar-refractivity contribution < 1.29 is 19.1 Å². The van der Waals surface area contributed by atoms with Crippen molar-refractivity contribution in [2.45, 2.75) is 52.2 Å². The Bertz CT molecular complexity index is 231. The summed E-state index contributed by atoms with van der Waals surface area (Å²) in [7, 11) is 0. The minimum Gasteiger partial charge on any atom is -0.426 e. The Labute approximate surface area is 89.9 Å². The second-order valence-electron chi connectivity index (χ2n) is 3.95. The van der Waals surface area contributed by atoms with Gasteiger partial charge in [0.05, 0.1) is 5.92 Å². The molecule has 86 valence electrons. The second kappa shape index (κ2) is 5.73. The third-order valence-electron chi connectivity index (χ3n) is 2.55. The van der Waals surface area contributed by atoms with Gasteiger partial charge in [-0.1, -0.05) is 19.3 Å². The molecular weight excluding hydrogens is 196 g/mol. The molecule has 0 aliphatic heterocycles. The summed E-state index contributed by atoms with van der Waals surface area (Å²) in [5.74, 6) is -0.667. The van der Waals surface area contributed by atoms with Crippen LogP contribution in [0.4, 0.5) is 0 Å². The lowest BCUT2D eigenvalue weighted by Gasteiger charge is -2.21. The molecule has 0 spiro atoms. The molecule has 0 aromatic heterocycles. The molecule has 15 heavy (non-hydrogen) atoms. The van der Waals surface area contributed by atoms with Gasteiger partial charge in [0.2, 0.25) is 6.29 Å². The van der Waals surface area contributed by atoms with Crippen LogP contribution >= 0.6 is 0 Å². The highest BCUT2D eigenvalue weighted by atomic mass is 16.7. The van der Waals surface area contributed by atoms with Crippen molar-refractivity contribution in [3.63, 3.8) is 0 Å². The van der Waals surface area contributed by atoms with E-state index < -0.39 is 12.3 Å². The first kappa shape index (κ1) is 12.0. The standard InChI is InChI=1S/C11H18O4/c1-8(12)14-9(2)15-11(13)10-6-4-3-5-7-10/h9-10H,3-7H2,1-2H3/t9-/m0/s1. The molecule has 1 aliphatic carbocycles. The summed E-state index contributed by atoms with van der Waals surface area (Å²) in [6.07, 6.45) is 4.39. The Morgan fingerprint density at radius 3 is 2.27 bits per heavy atom. The van der Waals surface area contributed by atoms with Crippen molar-refractivity contribution >= 4 is 11.9 Å². The average molecular weight is 214 g/mol. The third-order valence-corrected chi connectivity index (χ3v) is 2.55. The maximum Gasteiger partial charge on any atom is 0.311 e. The lowest BCUT2D eigenvalue weighted by atomic mass is 9.89. The molecule has 0 N–H and O–H groups in total. The Kier molecular flexibility index (Phi) is 4.59. The summed E-state index contributed by atoms with van der Waals surface area (Å²) in [5, 5.41) is 0. The second-order valence-corrected chi connectivity index (χ2v) is 3.95. The fraction of sp³-hybridized carbons (Fsp3) is 0.818. The largest absolute Gasteiger partial charge is 0.426 e. The summed E-state index contributed by atoms with van der Waals surface area (Å²) in [5.41, 5.74) is 0. The van der Waals surface area contributed by atoms with Gasteiger partial charge in [-0.05, 0) is 12.8 Å². The molecule has 1 atom stereocenters. The van der Waals surface area contributed by atoms with Crippen LogP contribution in [0, 0.1) is 5.92 Å². The third kappa shape index (κ3) is 4.32. The molecule has 0 radical (unpaired) electrons. The van der Waals surface area contributed by atoms with Gasteiger partial charge in [-0.25, -0.2) is 0 Å². The molecular formula is C11H18O4. The molecule has 1 rings (SSSR count). The molecule has 0 heterocycles. The van der Waals surface area contributed by atoms with E-state index in [1.807, 2.05) is 0 Å². The van der Waals surface area contributed by atoms with E-state index in [0.717, 1.165) is 25.7 Å². The predicted molar refractivity (Wildman–Crippen MR) is 53.9 cm³/mol. The van der Waals surface area contributed by atoms with Crippen LogP contribution in [0.25, 0.3) is 0 Å². The van der Waals surface area contributed by atoms with Crippen LogP contribution in [-0.4, -0.2) is 18.2 Å². The van der Waals surface area contributed by atoms with Crippen molar-refractivity contribution in [2.24, 2.45) is 5.92 Å². The van der Waals surface area contributed by atoms with E-state index in [1.165, 1.54) is 13.3 Å². The van der Waals surface area contributed by atoms with Gasteiger partial charge >= 0.3 is 11.9 Å². The molecule has 0 saturated heterocycles. The fourth-order valence-electron chi connectivity index (χ4n) is 1.86. The lowest BCUT2D eigenvalue weighted by molar-refractivity contribution is -0.186.